The highest BCUT2D eigenvalue weighted by molar-refractivity contribution is 6.00. The Balaban J connectivity index is 1.60. The molecule has 7 heteroatoms. The quantitative estimate of drug-likeness (QED) is 0.688. The number of benzene rings is 2. The van der Waals surface area contributed by atoms with Crippen LogP contribution in [0.25, 0.3) is 0 Å². The average Bonchev–Trinajstić information content (AvgIpc) is 3.15. The van der Waals surface area contributed by atoms with Crippen LogP contribution in [0.15, 0.2) is 42.5 Å². The van der Waals surface area contributed by atoms with Crippen LogP contribution >= 0.6 is 0 Å². The second-order valence-electron chi connectivity index (χ2n) is 7.70. The summed E-state index contributed by atoms with van der Waals surface area (Å²) in [6, 6.07) is 13.1. The van der Waals surface area contributed by atoms with E-state index in [1.54, 1.807) is 17.0 Å². The minimum Gasteiger partial charge on any atom is -0.495 e. The predicted octanol–water partition coefficient (Wildman–Crippen LogP) is 3.49. The fourth-order valence-corrected chi connectivity index (χ4v) is 3.50. The van der Waals surface area contributed by atoms with Crippen molar-refractivity contribution in [2.45, 2.75) is 39.7 Å². The summed E-state index contributed by atoms with van der Waals surface area (Å²) in [5.41, 5.74) is 3.40. The Morgan fingerprint density at radius 3 is 2.55 bits per heavy atom. The van der Waals surface area contributed by atoms with Gasteiger partial charge in [-0.15, -0.1) is 0 Å². The van der Waals surface area contributed by atoms with Crippen molar-refractivity contribution in [3.8, 4) is 5.75 Å². The Morgan fingerprint density at radius 1 is 1.19 bits per heavy atom. The third-order valence-corrected chi connectivity index (χ3v) is 5.39. The molecular weight excluding hydrogens is 396 g/mol. The summed E-state index contributed by atoms with van der Waals surface area (Å²) in [5.74, 6) is -1.24. The van der Waals surface area contributed by atoms with Crippen molar-refractivity contribution in [2.24, 2.45) is 5.92 Å². The number of esters is 1. The van der Waals surface area contributed by atoms with Crippen LogP contribution in [0.3, 0.4) is 0 Å². The van der Waals surface area contributed by atoms with E-state index < -0.39 is 23.9 Å². The van der Waals surface area contributed by atoms with E-state index in [0.29, 0.717) is 11.4 Å². The molecule has 0 bridgehead atoms. The van der Waals surface area contributed by atoms with Crippen molar-refractivity contribution in [3.05, 3.63) is 53.6 Å². The van der Waals surface area contributed by atoms with Crippen LogP contribution in [0.2, 0.25) is 0 Å². The number of rotatable bonds is 7. The topological polar surface area (TPSA) is 84.9 Å². The highest BCUT2D eigenvalue weighted by Gasteiger charge is 2.37. The monoisotopic (exact) mass is 424 g/mol. The van der Waals surface area contributed by atoms with Gasteiger partial charge in [0.1, 0.15) is 5.75 Å². The molecule has 0 saturated carbocycles. The van der Waals surface area contributed by atoms with Crippen LogP contribution in [-0.4, -0.2) is 37.5 Å². The van der Waals surface area contributed by atoms with E-state index in [-0.39, 0.29) is 18.9 Å². The second-order valence-corrected chi connectivity index (χ2v) is 7.70. The first kappa shape index (κ1) is 22.3. The standard InChI is InChI=1S/C24H28N2O5/c1-5-17-7-9-19(10-8-17)26-14-18(13-22(26)27)24(29)31-16(3)23(28)25-20-12-15(2)6-11-21(20)30-4/h6-12,16,18H,5,13-14H2,1-4H3,(H,25,28)/t16-,18+/m1/s1. The molecular formula is C24H28N2O5. The maximum atomic E-state index is 12.6. The lowest BCUT2D eigenvalue weighted by molar-refractivity contribution is -0.157. The Kier molecular flexibility index (Phi) is 6.95. The van der Waals surface area contributed by atoms with Gasteiger partial charge in [0.15, 0.2) is 6.10 Å². The molecule has 0 spiro atoms. The van der Waals surface area contributed by atoms with Crippen molar-refractivity contribution in [1.82, 2.24) is 0 Å². The lowest BCUT2D eigenvalue weighted by Gasteiger charge is -2.18. The van der Waals surface area contributed by atoms with E-state index >= 15 is 0 Å². The summed E-state index contributed by atoms with van der Waals surface area (Å²) in [7, 11) is 1.52. The first-order valence-corrected chi connectivity index (χ1v) is 10.4. The molecule has 1 heterocycles. The van der Waals surface area contributed by atoms with Gasteiger partial charge in [-0.3, -0.25) is 14.4 Å². The summed E-state index contributed by atoms with van der Waals surface area (Å²) in [4.78, 5) is 39.2. The molecule has 0 aromatic heterocycles. The number of carbonyl (C=O) groups excluding carboxylic acids is 3. The molecule has 164 valence electrons. The van der Waals surface area contributed by atoms with Crippen LogP contribution in [0.1, 0.15) is 31.4 Å². The molecule has 1 aliphatic heterocycles. The molecule has 3 rings (SSSR count). The normalized spacial score (nSPS) is 16.7. The minimum atomic E-state index is -1.01. The molecule has 7 nitrogen and oxygen atoms in total. The number of aryl methyl sites for hydroxylation is 2. The van der Waals surface area contributed by atoms with Crippen molar-refractivity contribution in [2.75, 3.05) is 23.9 Å². The number of hydrogen-bond donors (Lipinski definition) is 1. The zero-order valence-electron chi connectivity index (χ0n) is 18.3. The third kappa shape index (κ3) is 5.23. The van der Waals surface area contributed by atoms with Crippen LogP contribution in [0.5, 0.6) is 5.75 Å². The number of hydrogen-bond acceptors (Lipinski definition) is 5. The summed E-state index contributed by atoms with van der Waals surface area (Å²) >= 11 is 0. The smallest absolute Gasteiger partial charge is 0.312 e. The fourth-order valence-electron chi connectivity index (χ4n) is 3.50. The molecule has 1 fully saturated rings. The summed E-state index contributed by atoms with van der Waals surface area (Å²) in [6.45, 7) is 5.71. The van der Waals surface area contributed by atoms with Crippen LogP contribution in [-0.2, 0) is 25.5 Å². The van der Waals surface area contributed by atoms with Gasteiger partial charge >= 0.3 is 5.97 Å². The van der Waals surface area contributed by atoms with E-state index in [4.69, 9.17) is 9.47 Å². The highest BCUT2D eigenvalue weighted by Crippen LogP contribution is 2.28. The van der Waals surface area contributed by atoms with Crippen molar-refractivity contribution in [3.63, 3.8) is 0 Å². The predicted molar refractivity (Wildman–Crippen MR) is 118 cm³/mol. The van der Waals surface area contributed by atoms with Gasteiger partial charge in [0.05, 0.1) is 18.7 Å². The van der Waals surface area contributed by atoms with Gasteiger partial charge in [-0.1, -0.05) is 25.1 Å². The van der Waals surface area contributed by atoms with Gasteiger partial charge in [-0.25, -0.2) is 0 Å². The van der Waals surface area contributed by atoms with Gasteiger partial charge < -0.3 is 19.7 Å². The van der Waals surface area contributed by atoms with Crippen LogP contribution in [0, 0.1) is 12.8 Å². The maximum absolute atomic E-state index is 12.6. The fraction of sp³-hybridized carbons (Fsp3) is 0.375. The van der Waals surface area contributed by atoms with Gasteiger partial charge in [0.25, 0.3) is 5.91 Å². The van der Waals surface area contributed by atoms with Crippen molar-refractivity contribution in [1.29, 1.82) is 0 Å². The Bertz CT molecular complexity index is 970. The summed E-state index contributed by atoms with van der Waals surface area (Å²) < 4.78 is 10.6. The molecule has 1 saturated heterocycles. The van der Waals surface area contributed by atoms with E-state index in [9.17, 15) is 14.4 Å². The van der Waals surface area contributed by atoms with Gasteiger partial charge in [-0.05, 0) is 55.7 Å². The molecule has 2 aromatic rings. The molecule has 0 aliphatic carbocycles. The molecule has 31 heavy (non-hydrogen) atoms. The van der Waals surface area contributed by atoms with Gasteiger partial charge in [0.2, 0.25) is 5.91 Å². The molecule has 2 aromatic carbocycles. The number of anilines is 2. The van der Waals surface area contributed by atoms with E-state index in [1.165, 1.54) is 19.6 Å². The summed E-state index contributed by atoms with van der Waals surface area (Å²) in [5, 5.41) is 2.73. The zero-order chi connectivity index (χ0) is 22.5. The zero-order valence-corrected chi connectivity index (χ0v) is 18.3. The molecule has 2 atom stereocenters. The molecule has 0 unspecified atom stereocenters. The third-order valence-electron chi connectivity index (χ3n) is 5.39. The van der Waals surface area contributed by atoms with E-state index in [2.05, 4.69) is 12.2 Å². The van der Waals surface area contributed by atoms with Gasteiger partial charge in [0, 0.05) is 18.7 Å². The Morgan fingerprint density at radius 2 is 1.90 bits per heavy atom. The SMILES string of the molecule is CCc1ccc(N2C[C@@H](C(=O)O[C@H](C)C(=O)Nc3cc(C)ccc3OC)CC2=O)cc1. The molecule has 1 N–H and O–H groups in total. The molecule has 2 amide bonds. The number of methoxy groups -OCH3 is 1. The average molecular weight is 424 g/mol. The number of nitrogens with zero attached hydrogens (tertiary/aromatic N) is 1. The molecule has 1 aliphatic rings. The van der Waals surface area contributed by atoms with Crippen LogP contribution < -0.4 is 15.0 Å². The first-order chi connectivity index (χ1) is 14.8. The number of amides is 2. The van der Waals surface area contributed by atoms with E-state index in [1.807, 2.05) is 37.3 Å². The maximum Gasteiger partial charge on any atom is 0.312 e. The summed E-state index contributed by atoms with van der Waals surface area (Å²) in [6.07, 6.45) is -0.0305. The van der Waals surface area contributed by atoms with Crippen molar-refractivity contribution < 1.29 is 23.9 Å². The number of carbonyl (C=O) groups is 3. The largest absolute Gasteiger partial charge is 0.495 e. The lowest BCUT2D eigenvalue weighted by Crippen LogP contribution is -2.33. The molecule has 0 radical (unpaired) electrons. The van der Waals surface area contributed by atoms with Crippen LogP contribution in [0.4, 0.5) is 11.4 Å². The first-order valence-electron chi connectivity index (χ1n) is 10.4. The minimum absolute atomic E-state index is 0.0639. The Hall–Kier alpha value is -3.35. The Labute approximate surface area is 182 Å². The number of nitrogens with one attached hydrogen (secondary N) is 1. The van der Waals surface area contributed by atoms with Gasteiger partial charge in [-0.2, -0.15) is 0 Å². The van der Waals surface area contributed by atoms with Crippen molar-refractivity contribution >= 4 is 29.2 Å². The number of ether oxygens (including phenoxy) is 2. The lowest BCUT2D eigenvalue weighted by atomic mass is 10.1. The second kappa shape index (κ2) is 9.64. The van der Waals surface area contributed by atoms with E-state index in [0.717, 1.165) is 17.7 Å². The highest BCUT2D eigenvalue weighted by atomic mass is 16.5.